The maximum absolute atomic E-state index is 12.0. The van der Waals surface area contributed by atoms with Gasteiger partial charge in [0.1, 0.15) is 0 Å². The minimum atomic E-state index is -0.258. The molecule has 0 radical (unpaired) electrons. The zero-order chi connectivity index (χ0) is 16.7. The van der Waals surface area contributed by atoms with Crippen molar-refractivity contribution in [3.8, 4) is 0 Å². The van der Waals surface area contributed by atoms with Crippen molar-refractivity contribution in [3.05, 3.63) is 24.5 Å². The molecule has 1 aliphatic rings. The number of β-amino-alcohol motifs (C(OH)–C–C–N with tert-alkyl or cyclic N) is 1. The molecule has 128 valence electrons. The van der Waals surface area contributed by atoms with Gasteiger partial charge >= 0.3 is 0 Å². The lowest BCUT2D eigenvalue weighted by molar-refractivity contribution is -0.117. The molecule has 0 saturated carbocycles. The van der Waals surface area contributed by atoms with Crippen LogP contribution in [-0.4, -0.2) is 71.7 Å². The number of piperidine rings is 1. The van der Waals surface area contributed by atoms with Gasteiger partial charge in [-0.15, -0.1) is 0 Å². The van der Waals surface area contributed by atoms with Gasteiger partial charge in [0.05, 0.1) is 12.6 Å². The number of nitrogens with zero attached hydrogens (tertiary/aromatic N) is 3. The standard InChI is InChI=1S/C17H28N4O2/c1-14(22)11-21-9-5-15(6-10-21)12-20(2)13-17(23)19-16-3-7-18-8-4-16/h3-4,7-8,14-15,22H,5-6,9-13H2,1-2H3,(H,18,19,23)/t14-/m0/s1. The Balaban J connectivity index is 1.67. The van der Waals surface area contributed by atoms with E-state index in [9.17, 15) is 9.90 Å². The Morgan fingerprint density at radius 2 is 2.09 bits per heavy atom. The molecule has 2 N–H and O–H groups in total. The first-order valence-corrected chi connectivity index (χ1v) is 8.31. The number of anilines is 1. The molecule has 1 atom stereocenters. The number of hydrogen-bond acceptors (Lipinski definition) is 5. The van der Waals surface area contributed by atoms with E-state index >= 15 is 0 Å². The molecule has 1 saturated heterocycles. The van der Waals surface area contributed by atoms with Crippen LogP contribution in [0.3, 0.4) is 0 Å². The second-order valence-corrected chi connectivity index (χ2v) is 6.57. The number of carbonyl (C=O) groups is 1. The first kappa shape index (κ1) is 17.8. The Labute approximate surface area is 138 Å². The van der Waals surface area contributed by atoms with E-state index in [2.05, 4.69) is 20.1 Å². The first-order valence-electron chi connectivity index (χ1n) is 8.31. The maximum Gasteiger partial charge on any atom is 0.238 e. The SMILES string of the molecule is C[C@H](O)CN1CCC(CN(C)CC(=O)Nc2ccncc2)CC1. The van der Waals surface area contributed by atoms with E-state index < -0.39 is 0 Å². The van der Waals surface area contributed by atoms with E-state index in [4.69, 9.17) is 0 Å². The van der Waals surface area contributed by atoms with Crippen LogP contribution in [0.25, 0.3) is 0 Å². The van der Waals surface area contributed by atoms with Crippen molar-refractivity contribution in [1.82, 2.24) is 14.8 Å². The Kier molecular flexibility index (Phi) is 6.95. The fraction of sp³-hybridized carbons (Fsp3) is 0.647. The summed E-state index contributed by atoms with van der Waals surface area (Å²) >= 11 is 0. The molecule has 2 rings (SSSR count). The molecule has 0 unspecified atom stereocenters. The highest BCUT2D eigenvalue weighted by Gasteiger charge is 2.21. The molecule has 0 aliphatic carbocycles. The number of nitrogens with one attached hydrogen (secondary N) is 1. The van der Waals surface area contributed by atoms with E-state index in [1.54, 1.807) is 24.5 Å². The van der Waals surface area contributed by atoms with E-state index in [1.165, 1.54) is 0 Å². The molecule has 1 aliphatic heterocycles. The molecule has 0 aromatic carbocycles. The van der Waals surface area contributed by atoms with Gasteiger partial charge in [-0.05, 0) is 58.0 Å². The summed E-state index contributed by atoms with van der Waals surface area (Å²) in [7, 11) is 1.99. The van der Waals surface area contributed by atoms with Gasteiger partial charge in [-0.1, -0.05) is 0 Å². The van der Waals surface area contributed by atoms with Gasteiger partial charge in [0.25, 0.3) is 0 Å². The van der Waals surface area contributed by atoms with E-state index in [0.717, 1.165) is 44.7 Å². The third kappa shape index (κ3) is 6.64. The minimum absolute atomic E-state index is 0.00485. The quantitative estimate of drug-likeness (QED) is 0.786. The van der Waals surface area contributed by atoms with E-state index in [0.29, 0.717) is 12.5 Å². The van der Waals surface area contributed by atoms with Crippen LogP contribution in [0.2, 0.25) is 0 Å². The second kappa shape index (κ2) is 8.96. The van der Waals surface area contributed by atoms with Crippen molar-refractivity contribution in [1.29, 1.82) is 0 Å². The first-order chi connectivity index (χ1) is 11.0. The number of pyridine rings is 1. The Morgan fingerprint density at radius 1 is 1.43 bits per heavy atom. The number of likely N-dealkylation sites (N-methyl/N-ethyl adjacent to an activating group) is 1. The second-order valence-electron chi connectivity index (χ2n) is 6.57. The van der Waals surface area contributed by atoms with Crippen LogP contribution in [-0.2, 0) is 4.79 Å². The van der Waals surface area contributed by atoms with Gasteiger partial charge in [0, 0.05) is 31.2 Å². The van der Waals surface area contributed by atoms with Crippen molar-refractivity contribution in [2.24, 2.45) is 5.92 Å². The van der Waals surface area contributed by atoms with Crippen LogP contribution in [0, 0.1) is 5.92 Å². The monoisotopic (exact) mass is 320 g/mol. The number of aliphatic hydroxyl groups excluding tert-OH is 1. The molecule has 0 spiro atoms. The smallest absolute Gasteiger partial charge is 0.238 e. The number of aliphatic hydroxyl groups is 1. The predicted octanol–water partition coefficient (Wildman–Crippen LogP) is 1.04. The van der Waals surface area contributed by atoms with Crippen molar-refractivity contribution in [3.63, 3.8) is 0 Å². The van der Waals surface area contributed by atoms with Gasteiger partial charge in [-0.3, -0.25) is 14.7 Å². The third-order valence-corrected chi connectivity index (χ3v) is 4.18. The van der Waals surface area contributed by atoms with Crippen LogP contribution >= 0.6 is 0 Å². The summed E-state index contributed by atoms with van der Waals surface area (Å²) in [6, 6.07) is 3.57. The number of amides is 1. The number of carbonyl (C=O) groups excluding carboxylic acids is 1. The Morgan fingerprint density at radius 3 is 2.70 bits per heavy atom. The molecule has 1 aromatic rings. The summed E-state index contributed by atoms with van der Waals surface area (Å²) in [5.41, 5.74) is 0.782. The topological polar surface area (TPSA) is 68.7 Å². The number of hydrogen-bond donors (Lipinski definition) is 2. The summed E-state index contributed by atoms with van der Waals surface area (Å²) in [5, 5.41) is 12.3. The van der Waals surface area contributed by atoms with Crippen LogP contribution in [0.5, 0.6) is 0 Å². The average molecular weight is 320 g/mol. The molecule has 1 fully saturated rings. The van der Waals surface area contributed by atoms with Crippen molar-refractivity contribution in [2.75, 3.05) is 45.1 Å². The lowest BCUT2D eigenvalue weighted by atomic mass is 9.96. The zero-order valence-corrected chi connectivity index (χ0v) is 14.1. The average Bonchev–Trinajstić information content (AvgIpc) is 2.49. The summed E-state index contributed by atoms with van der Waals surface area (Å²) in [6.45, 7) is 6.00. The molecular weight excluding hydrogens is 292 g/mol. The van der Waals surface area contributed by atoms with Gasteiger partial charge in [-0.25, -0.2) is 0 Å². The Bertz CT molecular complexity index is 473. The Hall–Kier alpha value is -1.50. The highest BCUT2D eigenvalue weighted by atomic mass is 16.3. The van der Waals surface area contributed by atoms with Crippen molar-refractivity contribution >= 4 is 11.6 Å². The number of aromatic nitrogens is 1. The third-order valence-electron chi connectivity index (χ3n) is 4.18. The van der Waals surface area contributed by atoms with Gasteiger partial charge in [-0.2, -0.15) is 0 Å². The number of rotatable bonds is 7. The molecule has 2 heterocycles. The van der Waals surface area contributed by atoms with Crippen molar-refractivity contribution in [2.45, 2.75) is 25.9 Å². The lowest BCUT2D eigenvalue weighted by Gasteiger charge is -2.34. The zero-order valence-electron chi connectivity index (χ0n) is 14.1. The summed E-state index contributed by atoms with van der Waals surface area (Å²) < 4.78 is 0. The van der Waals surface area contributed by atoms with Crippen molar-refractivity contribution < 1.29 is 9.90 Å². The van der Waals surface area contributed by atoms with Crippen LogP contribution in [0.4, 0.5) is 5.69 Å². The van der Waals surface area contributed by atoms with Gasteiger partial charge < -0.3 is 15.3 Å². The molecule has 1 amide bonds. The summed E-state index contributed by atoms with van der Waals surface area (Å²) in [5.74, 6) is 0.629. The fourth-order valence-corrected chi connectivity index (χ4v) is 3.11. The molecule has 1 aromatic heterocycles. The fourth-order valence-electron chi connectivity index (χ4n) is 3.11. The minimum Gasteiger partial charge on any atom is -0.392 e. The molecular formula is C17H28N4O2. The molecule has 0 bridgehead atoms. The maximum atomic E-state index is 12.0. The number of likely N-dealkylation sites (tertiary alicyclic amines) is 1. The highest BCUT2D eigenvalue weighted by molar-refractivity contribution is 5.92. The van der Waals surface area contributed by atoms with Crippen LogP contribution in [0.15, 0.2) is 24.5 Å². The lowest BCUT2D eigenvalue weighted by Crippen LogP contribution is -2.41. The van der Waals surface area contributed by atoms with E-state index in [1.807, 2.05) is 14.0 Å². The molecule has 6 nitrogen and oxygen atoms in total. The summed E-state index contributed by atoms with van der Waals surface area (Å²) in [6.07, 6.45) is 5.33. The predicted molar refractivity (Wildman–Crippen MR) is 91.2 cm³/mol. The van der Waals surface area contributed by atoms with Gasteiger partial charge in [0.15, 0.2) is 0 Å². The molecule has 6 heteroatoms. The normalized spacial score (nSPS) is 18.1. The molecule has 23 heavy (non-hydrogen) atoms. The largest absolute Gasteiger partial charge is 0.392 e. The van der Waals surface area contributed by atoms with Crippen LogP contribution in [0.1, 0.15) is 19.8 Å². The van der Waals surface area contributed by atoms with Crippen LogP contribution < -0.4 is 5.32 Å². The summed E-state index contributed by atoms with van der Waals surface area (Å²) in [4.78, 5) is 20.4. The van der Waals surface area contributed by atoms with Gasteiger partial charge in [0.2, 0.25) is 5.91 Å². The van der Waals surface area contributed by atoms with E-state index in [-0.39, 0.29) is 12.0 Å². The highest BCUT2D eigenvalue weighted by Crippen LogP contribution is 2.18.